The summed E-state index contributed by atoms with van der Waals surface area (Å²) >= 11 is 12.0. The summed E-state index contributed by atoms with van der Waals surface area (Å²) in [6.07, 6.45) is 7.88. The van der Waals surface area contributed by atoms with Crippen LogP contribution in [0.1, 0.15) is 25.3 Å². The van der Waals surface area contributed by atoms with E-state index in [-0.39, 0.29) is 23.8 Å². The minimum Gasteiger partial charge on any atom is -0.426 e. The number of halogens is 2. The van der Waals surface area contributed by atoms with E-state index in [4.69, 9.17) is 27.9 Å². The van der Waals surface area contributed by atoms with Crippen molar-refractivity contribution in [1.82, 2.24) is 10.2 Å². The van der Waals surface area contributed by atoms with Gasteiger partial charge in [-0.15, -0.1) is 0 Å². The van der Waals surface area contributed by atoms with Gasteiger partial charge in [0.2, 0.25) is 5.91 Å². The van der Waals surface area contributed by atoms with Crippen LogP contribution in [0.2, 0.25) is 10.0 Å². The second kappa shape index (κ2) is 9.32. The van der Waals surface area contributed by atoms with Gasteiger partial charge in [0, 0.05) is 42.1 Å². The number of nitrogens with zero attached hydrogens (tertiary/aromatic N) is 1. The number of allylic oxidation sites excluding steroid dienone is 5. The summed E-state index contributed by atoms with van der Waals surface area (Å²) < 4.78 is 5.33. The van der Waals surface area contributed by atoms with Gasteiger partial charge in [-0.25, -0.2) is 0 Å². The number of ether oxygens (including phenoxy) is 1. The number of hydrogen-bond acceptors (Lipinski definition) is 4. The van der Waals surface area contributed by atoms with Crippen LogP contribution in [0.3, 0.4) is 0 Å². The van der Waals surface area contributed by atoms with E-state index in [0.29, 0.717) is 34.2 Å². The van der Waals surface area contributed by atoms with Crippen LogP contribution in [0, 0.1) is 0 Å². The highest BCUT2D eigenvalue weighted by atomic mass is 35.5. The molecule has 0 aromatic heterocycles. The normalized spacial score (nSPS) is 15.9. The third-order valence-corrected chi connectivity index (χ3v) is 5.24. The van der Waals surface area contributed by atoms with Crippen LogP contribution in [0.5, 0.6) is 0 Å². The smallest absolute Gasteiger partial charge is 0.308 e. The predicted octanol–water partition coefficient (Wildman–Crippen LogP) is 4.06. The van der Waals surface area contributed by atoms with Crippen molar-refractivity contribution in [1.29, 1.82) is 0 Å². The van der Waals surface area contributed by atoms with E-state index in [0.717, 1.165) is 5.56 Å². The van der Waals surface area contributed by atoms with E-state index in [9.17, 15) is 14.4 Å². The molecule has 0 saturated heterocycles. The molecule has 30 heavy (non-hydrogen) atoms. The molecule has 1 N–H and O–H groups in total. The number of benzene rings is 1. The molecule has 0 spiro atoms. The van der Waals surface area contributed by atoms with Crippen molar-refractivity contribution < 1.29 is 19.1 Å². The monoisotopic (exact) mass is 446 g/mol. The lowest BCUT2D eigenvalue weighted by molar-refractivity contribution is -0.136. The standard InChI is InChI=1S/C22H20Cl2N2O4/c1-13(27)30-20-12-18(22(29)26(2)19-6-4-3-5-16(19)20)25-21(28)10-8-14-7-9-15(23)11-17(14)24/h3-4,6-7,9,11-12H,5,8,10H2,1-2H3,(H,25,28). The Hall–Kier alpha value is -2.83. The summed E-state index contributed by atoms with van der Waals surface area (Å²) in [5.41, 5.74) is 2.12. The van der Waals surface area contributed by atoms with Gasteiger partial charge in [0.15, 0.2) is 0 Å². The summed E-state index contributed by atoms with van der Waals surface area (Å²) in [5, 5.41) is 3.63. The number of fused-ring (bicyclic) bond motifs is 1. The van der Waals surface area contributed by atoms with Crippen molar-refractivity contribution >= 4 is 41.0 Å². The van der Waals surface area contributed by atoms with Crippen LogP contribution >= 0.6 is 23.2 Å². The lowest BCUT2D eigenvalue weighted by Crippen LogP contribution is -2.35. The number of amides is 2. The molecule has 8 heteroatoms. The Morgan fingerprint density at radius 2 is 2.03 bits per heavy atom. The number of nitrogens with one attached hydrogen (secondary N) is 1. The molecule has 156 valence electrons. The molecular weight excluding hydrogens is 427 g/mol. The zero-order valence-corrected chi connectivity index (χ0v) is 18.0. The van der Waals surface area contributed by atoms with Gasteiger partial charge in [0.05, 0.1) is 5.70 Å². The number of carbonyl (C=O) groups is 3. The summed E-state index contributed by atoms with van der Waals surface area (Å²) in [4.78, 5) is 38.4. The van der Waals surface area contributed by atoms with E-state index in [1.165, 1.54) is 17.9 Å². The van der Waals surface area contributed by atoms with Gasteiger partial charge in [0.25, 0.3) is 5.91 Å². The molecule has 6 nitrogen and oxygen atoms in total. The predicted molar refractivity (Wildman–Crippen MR) is 114 cm³/mol. The van der Waals surface area contributed by atoms with Crippen molar-refractivity contribution in [2.45, 2.75) is 26.2 Å². The highest BCUT2D eigenvalue weighted by molar-refractivity contribution is 6.35. The highest BCUT2D eigenvalue weighted by Gasteiger charge is 2.29. The number of aryl methyl sites for hydroxylation is 1. The lowest BCUT2D eigenvalue weighted by Gasteiger charge is -2.23. The van der Waals surface area contributed by atoms with Crippen molar-refractivity contribution in [2.75, 3.05) is 7.05 Å². The van der Waals surface area contributed by atoms with E-state index in [1.54, 1.807) is 31.3 Å². The van der Waals surface area contributed by atoms with Gasteiger partial charge >= 0.3 is 5.97 Å². The Balaban J connectivity index is 1.80. The third-order valence-electron chi connectivity index (χ3n) is 4.65. The average molecular weight is 447 g/mol. The van der Waals surface area contributed by atoms with Gasteiger partial charge < -0.3 is 15.0 Å². The molecule has 0 fully saturated rings. The Morgan fingerprint density at radius 3 is 2.73 bits per heavy atom. The van der Waals surface area contributed by atoms with Crippen molar-refractivity contribution in [3.8, 4) is 0 Å². The average Bonchev–Trinajstić information content (AvgIpc) is 2.78. The first-order chi connectivity index (χ1) is 14.3. The largest absolute Gasteiger partial charge is 0.426 e. The minimum atomic E-state index is -0.511. The first kappa shape index (κ1) is 21.9. The summed E-state index contributed by atoms with van der Waals surface area (Å²) in [6.45, 7) is 1.29. The van der Waals surface area contributed by atoms with E-state index in [2.05, 4.69) is 5.32 Å². The molecule has 2 amide bonds. The number of rotatable bonds is 5. The van der Waals surface area contributed by atoms with E-state index < -0.39 is 11.9 Å². The summed E-state index contributed by atoms with van der Waals surface area (Å²) in [5.74, 6) is -1.04. The van der Waals surface area contributed by atoms with Gasteiger partial charge in [-0.05, 0) is 36.6 Å². The van der Waals surface area contributed by atoms with E-state index >= 15 is 0 Å². The molecule has 0 atom stereocenters. The Morgan fingerprint density at radius 1 is 1.27 bits per heavy atom. The Labute approximate surface area is 184 Å². The first-order valence-corrected chi connectivity index (χ1v) is 10.0. The van der Waals surface area contributed by atoms with Gasteiger partial charge in [-0.3, -0.25) is 14.4 Å². The molecule has 1 aromatic carbocycles. The van der Waals surface area contributed by atoms with Crippen LogP contribution in [-0.4, -0.2) is 29.7 Å². The van der Waals surface area contributed by atoms with Gasteiger partial charge in [-0.1, -0.05) is 41.4 Å². The number of carbonyl (C=O) groups excluding carboxylic acids is 3. The number of esters is 1. The van der Waals surface area contributed by atoms with Crippen LogP contribution in [0.4, 0.5) is 0 Å². The maximum Gasteiger partial charge on any atom is 0.308 e. The highest BCUT2D eigenvalue weighted by Crippen LogP contribution is 2.31. The van der Waals surface area contributed by atoms with Gasteiger partial charge in [0.1, 0.15) is 11.5 Å². The fourth-order valence-electron chi connectivity index (χ4n) is 3.18. The quantitative estimate of drug-likeness (QED) is 0.691. The SMILES string of the molecule is CC(=O)OC1=C2CC=CC=C2N(C)C(=O)C(NC(=O)CCc2ccc(Cl)cc2Cl)=C1. The number of hydrogen-bond donors (Lipinski definition) is 1. The molecule has 1 aromatic rings. The van der Waals surface area contributed by atoms with Crippen LogP contribution in [0.15, 0.2) is 65.2 Å². The van der Waals surface area contributed by atoms with Crippen LogP contribution < -0.4 is 5.32 Å². The molecule has 2 aliphatic rings. The Kier molecular flexibility index (Phi) is 6.80. The zero-order valence-electron chi connectivity index (χ0n) is 16.5. The fraction of sp³-hybridized carbons (Fsp3) is 0.227. The van der Waals surface area contributed by atoms with Crippen LogP contribution in [-0.2, 0) is 25.5 Å². The summed E-state index contributed by atoms with van der Waals surface area (Å²) in [7, 11) is 1.61. The molecule has 1 aliphatic heterocycles. The molecule has 0 unspecified atom stereocenters. The first-order valence-electron chi connectivity index (χ1n) is 9.28. The van der Waals surface area contributed by atoms with Crippen molar-refractivity contribution in [3.05, 3.63) is 80.8 Å². The molecular formula is C22H20Cl2N2O4. The second-order valence-electron chi connectivity index (χ2n) is 6.83. The van der Waals surface area contributed by atoms with E-state index in [1.807, 2.05) is 12.2 Å². The third kappa shape index (κ3) is 5.01. The minimum absolute atomic E-state index is 0.0313. The molecule has 0 saturated carbocycles. The molecule has 1 aliphatic carbocycles. The molecule has 3 rings (SSSR count). The zero-order chi connectivity index (χ0) is 21.8. The second-order valence-corrected chi connectivity index (χ2v) is 7.67. The van der Waals surface area contributed by atoms with Crippen LogP contribution in [0.25, 0.3) is 0 Å². The summed E-state index contributed by atoms with van der Waals surface area (Å²) in [6, 6.07) is 5.08. The molecule has 1 heterocycles. The Bertz CT molecular complexity index is 1040. The lowest BCUT2D eigenvalue weighted by atomic mass is 10.0. The number of likely N-dealkylation sites (N-methyl/N-ethyl adjacent to an activating group) is 1. The molecule has 0 radical (unpaired) electrons. The topological polar surface area (TPSA) is 75.7 Å². The maximum absolute atomic E-state index is 12.9. The molecule has 0 bridgehead atoms. The van der Waals surface area contributed by atoms with Crippen molar-refractivity contribution in [3.63, 3.8) is 0 Å². The van der Waals surface area contributed by atoms with Gasteiger partial charge in [-0.2, -0.15) is 0 Å². The fourth-order valence-corrected chi connectivity index (χ4v) is 3.69. The van der Waals surface area contributed by atoms with Crippen molar-refractivity contribution in [2.24, 2.45) is 0 Å². The maximum atomic E-state index is 12.9.